The lowest BCUT2D eigenvalue weighted by Crippen LogP contribution is -1.94. The summed E-state index contributed by atoms with van der Waals surface area (Å²) in [6, 6.07) is 6.28. The lowest BCUT2D eigenvalue weighted by atomic mass is 10.2. The summed E-state index contributed by atoms with van der Waals surface area (Å²) in [4.78, 5) is 0. The van der Waals surface area contributed by atoms with E-state index in [4.69, 9.17) is 5.11 Å². The van der Waals surface area contributed by atoms with Gasteiger partial charge >= 0.3 is 0 Å². The van der Waals surface area contributed by atoms with Crippen LogP contribution in [0.15, 0.2) is 24.3 Å². The molecule has 3 heteroatoms. The van der Waals surface area contributed by atoms with Crippen LogP contribution in [0.2, 0.25) is 0 Å². The van der Waals surface area contributed by atoms with Crippen molar-refractivity contribution in [2.75, 3.05) is 6.61 Å². The molecule has 1 aromatic rings. The highest BCUT2D eigenvalue weighted by molar-refractivity contribution is 14.1. The lowest BCUT2D eigenvalue weighted by Gasteiger charge is -2.05. The molecule has 11 heavy (non-hydrogen) atoms. The average Bonchev–Trinajstić information content (AvgIpc) is 2.03. The Kier molecular flexibility index (Phi) is 3.26. The number of hydrogen-bond acceptors (Lipinski definition) is 1. The van der Waals surface area contributed by atoms with Gasteiger partial charge in [-0.1, -0.05) is 34.7 Å². The Morgan fingerprint density at radius 2 is 2.27 bits per heavy atom. The van der Waals surface area contributed by atoms with Crippen molar-refractivity contribution in [2.24, 2.45) is 0 Å². The number of hydrogen-bond donors (Lipinski definition) is 1. The standard InChI is InChI=1S/C8H8FIO/c9-7-3-1-2-6(4-7)8(10)5-11/h1-4,8,11H,5H2. The van der Waals surface area contributed by atoms with Gasteiger partial charge in [0.1, 0.15) is 5.82 Å². The molecule has 0 saturated carbocycles. The minimum absolute atomic E-state index is 0.0108. The molecule has 0 saturated heterocycles. The van der Waals surface area contributed by atoms with Crippen molar-refractivity contribution >= 4 is 22.6 Å². The van der Waals surface area contributed by atoms with E-state index in [1.807, 2.05) is 0 Å². The molecule has 0 spiro atoms. The summed E-state index contributed by atoms with van der Waals surface area (Å²) < 4.78 is 12.6. The van der Waals surface area contributed by atoms with Crippen molar-refractivity contribution in [3.63, 3.8) is 0 Å². The smallest absolute Gasteiger partial charge is 0.123 e. The third kappa shape index (κ3) is 2.41. The van der Waals surface area contributed by atoms with Crippen molar-refractivity contribution in [1.82, 2.24) is 0 Å². The Labute approximate surface area is 78.4 Å². The van der Waals surface area contributed by atoms with Crippen LogP contribution in [0, 0.1) is 5.82 Å². The number of aliphatic hydroxyl groups excluding tert-OH is 1. The van der Waals surface area contributed by atoms with E-state index < -0.39 is 0 Å². The maximum atomic E-state index is 12.6. The van der Waals surface area contributed by atoms with Gasteiger partial charge in [0.25, 0.3) is 0 Å². The Balaban J connectivity index is 2.86. The third-order valence-electron chi connectivity index (χ3n) is 1.37. The molecule has 0 aromatic heterocycles. The molecule has 1 N–H and O–H groups in total. The molecule has 0 bridgehead atoms. The first-order valence-electron chi connectivity index (χ1n) is 3.24. The second-order valence-corrected chi connectivity index (χ2v) is 3.71. The highest BCUT2D eigenvalue weighted by atomic mass is 127. The lowest BCUT2D eigenvalue weighted by molar-refractivity contribution is 0.300. The second-order valence-electron chi connectivity index (χ2n) is 2.21. The predicted molar refractivity (Wildman–Crippen MR) is 50.2 cm³/mol. The van der Waals surface area contributed by atoms with E-state index in [-0.39, 0.29) is 16.3 Å². The Hall–Kier alpha value is -0.160. The normalized spacial score (nSPS) is 13.0. The zero-order valence-corrected chi connectivity index (χ0v) is 7.95. The molecular formula is C8H8FIO. The first-order valence-corrected chi connectivity index (χ1v) is 4.49. The van der Waals surface area contributed by atoms with Crippen LogP contribution in [0.5, 0.6) is 0 Å². The van der Waals surface area contributed by atoms with Gasteiger partial charge in [0.15, 0.2) is 0 Å². The summed E-state index contributed by atoms with van der Waals surface area (Å²) in [7, 11) is 0. The molecule has 60 valence electrons. The molecule has 1 nitrogen and oxygen atoms in total. The van der Waals surface area contributed by atoms with Crippen molar-refractivity contribution in [2.45, 2.75) is 3.92 Å². The van der Waals surface area contributed by atoms with E-state index in [1.165, 1.54) is 12.1 Å². The molecule has 1 unspecified atom stereocenters. The fourth-order valence-corrected chi connectivity index (χ4v) is 1.19. The molecule has 0 aliphatic rings. The molecule has 0 amide bonds. The summed E-state index contributed by atoms with van der Waals surface area (Å²) in [6.07, 6.45) is 0. The topological polar surface area (TPSA) is 20.2 Å². The molecule has 0 radical (unpaired) electrons. The van der Waals surface area contributed by atoms with Gasteiger partial charge in [-0.15, -0.1) is 0 Å². The average molecular weight is 266 g/mol. The fraction of sp³-hybridized carbons (Fsp3) is 0.250. The maximum Gasteiger partial charge on any atom is 0.123 e. The zero-order valence-electron chi connectivity index (χ0n) is 5.80. The van der Waals surface area contributed by atoms with Crippen LogP contribution >= 0.6 is 22.6 Å². The molecule has 0 aliphatic carbocycles. The van der Waals surface area contributed by atoms with E-state index in [2.05, 4.69) is 22.6 Å². The van der Waals surface area contributed by atoms with Gasteiger partial charge in [0, 0.05) is 0 Å². The van der Waals surface area contributed by atoms with Gasteiger partial charge in [-0.25, -0.2) is 4.39 Å². The summed E-state index contributed by atoms with van der Waals surface area (Å²) >= 11 is 2.07. The number of alkyl halides is 1. The number of aliphatic hydroxyl groups is 1. The van der Waals surface area contributed by atoms with Crippen LogP contribution in [0.3, 0.4) is 0 Å². The summed E-state index contributed by atoms with van der Waals surface area (Å²) in [5.74, 6) is -0.252. The van der Waals surface area contributed by atoms with Gasteiger partial charge in [-0.3, -0.25) is 0 Å². The van der Waals surface area contributed by atoms with Gasteiger partial charge in [0.2, 0.25) is 0 Å². The molecule has 0 fully saturated rings. The van der Waals surface area contributed by atoms with Crippen molar-refractivity contribution < 1.29 is 9.50 Å². The highest BCUT2D eigenvalue weighted by Crippen LogP contribution is 2.22. The van der Waals surface area contributed by atoms with Crippen molar-refractivity contribution in [3.8, 4) is 0 Å². The maximum absolute atomic E-state index is 12.6. The zero-order chi connectivity index (χ0) is 8.27. The fourth-order valence-electron chi connectivity index (χ4n) is 0.807. The van der Waals surface area contributed by atoms with Crippen molar-refractivity contribution in [3.05, 3.63) is 35.6 Å². The SMILES string of the molecule is OCC(I)c1cccc(F)c1. The quantitative estimate of drug-likeness (QED) is 0.643. The van der Waals surface area contributed by atoms with Crippen LogP contribution in [0.25, 0.3) is 0 Å². The van der Waals surface area contributed by atoms with Crippen molar-refractivity contribution in [1.29, 1.82) is 0 Å². The first-order chi connectivity index (χ1) is 5.24. The molecule has 0 heterocycles. The Morgan fingerprint density at radius 3 is 2.82 bits per heavy atom. The third-order valence-corrected chi connectivity index (χ3v) is 2.48. The van der Waals surface area contributed by atoms with Crippen LogP contribution < -0.4 is 0 Å². The number of halogens is 2. The van der Waals surface area contributed by atoms with E-state index >= 15 is 0 Å². The Bertz CT molecular complexity index is 239. The summed E-state index contributed by atoms with van der Waals surface area (Å²) in [5.41, 5.74) is 0.827. The van der Waals surface area contributed by atoms with Crippen LogP contribution in [-0.4, -0.2) is 11.7 Å². The molecule has 1 atom stereocenters. The largest absolute Gasteiger partial charge is 0.395 e. The monoisotopic (exact) mass is 266 g/mol. The molecule has 0 aliphatic heterocycles. The highest BCUT2D eigenvalue weighted by Gasteiger charge is 2.04. The second kappa shape index (κ2) is 4.01. The van der Waals surface area contributed by atoms with E-state index in [0.717, 1.165) is 5.56 Å². The van der Waals surface area contributed by atoms with Crippen LogP contribution in [0.1, 0.15) is 9.49 Å². The van der Waals surface area contributed by atoms with E-state index in [9.17, 15) is 4.39 Å². The van der Waals surface area contributed by atoms with Gasteiger partial charge in [0.05, 0.1) is 10.5 Å². The Morgan fingerprint density at radius 1 is 1.55 bits per heavy atom. The van der Waals surface area contributed by atoms with Crippen LogP contribution in [0.4, 0.5) is 4.39 Å². The van der Waals surface area contributed by atoms with Crippen LogP contribution in [-0.2, 0) is 0 Å². The molecule has 1 aromatic carbocycles. The number of rotatable bonds is 2. The van der Waals surface area contributed by atoms with Gasteiger partial charge < -0.3 is 5.11 Å². The number of benzene rings is 1. The molecular weight excluding hydrogens is 258 g/mol. The van der Waals surface area contributed by atoms with E-state index in [0.29, 0.717) is 0 Å². The predicted octanol–water partition coefficient (Wildman–Crippen LogP) is 2.29. The minimum Gasteiger partial charge on any atom is -0.395 e. The molecule has 1 rings (SSSR count). The van der Waals surface area contributed by atoms with Gasteiger partial charge in [-0.2, -0.15) is 0 Å². The summed E-state index contributed by atoms with van der Waals surface area (Å²) in [5, 5.41) is 8.75. The first kappa shape index (κ1) is 8.93. The minimum atomic E-state index is -0.252. The van der Waals surface area contributed by atoms with Gasteiger partial charge in [-0.05, 0) is 17.7 Å². The summed E-state index contributed by atoms with van der Waals surface area (Å²) in [6.45, 7) is 0.0456. The van der Waals surface area contributed by atoms with E-state index in [1.54, 1.807) is 12.1 Å².